The van der Waals surface area contributed by atoms with Crippen molar-refractivity contribution in [3.05, 3.63) is 0 Å². The van der Waals surface area contributed by atoms with Crippen LogP contribution in [0.15, 0.2) is 0 Å². The Bertz CT molecular complexity index is 201. The molecule has 2 fully saturated rings. The second kappa shape index (κ2) is 3.66. The summed E-state index contributed by atoms with van der Waals surface area (Å²) >= 11 is 0. The van der Waals surface area contributed by atoms with Gasteiger partial charge in [0, 0.05) is 6.04 Å². The number of amides is 1. The van der Waals surface area contributed by atoms with Crippen LogP contribution in [0.5, 0.6) is 0 Å². The van der Waals surface area contributed by atoms with Gasteiger partial charge in [-0.3, -0.25) is 10.1 Å². The van der Waals surface area contributed by atoms with Gasteiger partial charge in [-0.15, -0.1) is 0 Å². The zero-order valence-electron chi connectivity index (χ0n) is 8.25. The van der Waals surface area contributed by atoms with Crippen molar-refractivity contribution in [2.75, 3.05) is 13.2 Å². The Balaban J connectivity index is 1.89. The molecule has 74 valence electrons. The van der Waals surface area contributed by atoms with Crippen LogP contribution in [0, 0.1) is 5.92 Å². The van der Waals surface area contributed by atoms with Crippen molar-refractivity contribution in [3.63, 3.8) is 0 Å². The summed E-state index contributed by atoms with van der Waals surface area (Å²) in [5, 5.41) is 3.11. The zero-order chi connectivity index (χ0) is 9.26. The standard InChI is InChI=1S/C10H18N2O/c1-2-9(5-8-3-4-8)12-7-11-6-10(12)13/h8-9,11H,2-7H2,1H3. The number of carbonyl (C=O) groups is 1. The Morgan fingerprint density at radius 3 is 2.85 bits per heavy atom. The van der Waals surface area contributed by atoms with E-state index in [0.717, 1.165) is 19.0 Å². The average molecular weight is 182 g/mol. The van der Waals surface area contributed by atoms with Crippen molar-refractivity contribution < 1.29 is 4.79 Å². The molecular weight excluding hydrogens is 164 g/mol. The molecule has 0 aromatic rings. The van der Waals surface area contributed by atoms with E-state index in [9.17, 15) is 4.79 Å². The van der Waals surface area contributed by atoms with Gasteiger partial charge in [0.2, 0.25) is 5.91 Å². The van der Waals surface area contributed by atoms with Crippen LogP contribution in [-0.4, -0.2) is 30.1 Å². The van der Waals surface area contributed by atoms with E-state index in [0.29, 0.717) is 12.6 Å². The highest BCUT2D eigenvalue weighted by Gasteiger charge is 2.31. The number of hydrogen-bond donors (Lipinski definition) is 1. The summed E-state index contributed by atoms with van der Waals surface area (Å²) in [7, 11) is 0. The van der Waals surface area contributed by atoms with Crippen LogP contribution in [0.4, 0.5) is 0 Å². The van der Waals surface area contributed by atoms with Crippen molar-refractivity contribution in [2.24, 2.45) is 5.92 Å². The molecule has 1 unspecified atom stereocenters. The molecule has 0 aromatic carbocycles. The highest BCUT2D eigenvalue weighted by atomic mass is 16.2. The second-order valence-corrected chi connectivity index (χ2v) is 4.19. The fourth-order valence-electron chi connectivity index (χ4n) is 2.06. The predicted molar refractivity (Wildman–Crippen MR) is 51.1 cm³/mol. The molecule has 1 heterocycles. The molecule has 0 spiro atoms. The van der Waals surface area contributed by atoms with E-state index in [4.69, 9.17) is 0 Å². The van der Waals surface area contributed by atoms with Crippen molar-refractivity contribution in [3.8, 4) is 0 Å². The molecule has 1 amide bonds. The van der Waals surface area contributed by atoms with Crippen LogP contribution in [0.25, 0.3) is 0 Å². The molecule has 3 heteroatoms. The van der Waals surface area contributed by atoms with E-state index in [1.165, 1.54) is 19.3 Å². The van der Waals surface area contributed by atoms with E-state index < -0.39 is 0 Å². The van der Waals surface area contributed by atoms with Gasteiger partial charge in [0.15, 0.2) is 0 Å². The first-order valence-corrected chi connectivity index (χ1v) is 5.31. The van der Waals surface area contributed by atoms with Gasteiger partial charge in [-0.2, -0.15) is 0 Å². The first kappa shape index (κ1) is 9.00. The topological polar surface area (TPSA) is 32.3 Å². The van der Waals surface area contributed by atoms with Gasteiger partial charge < -0.3 is 4.90 Å². The Kier molecular flexibility index (Phi) is 2.54. The predicted octanol–water partition coefficient (Wildman–Crippen LogP) is 0.954. The molecule has 1 saturated heterocycles. The number of rotatable bonds is 4. The Hall–Kier alpha value is -0.570. The fraction of sp³-hybridized carbons (Fsp3) is 0.900. The average Bonchev–Trinajstić information content (AvgIpc) is 2.85. The molecule has 1 aliphatic heterocycles. The molecule has 13 heavy (non-hydrogen) atoms. The van der Waals surface area contributed by atoms with E-state index in [2.05, 4.69) is 12.2 Å². The molecule has 2 aliphatic rings. The number of nitrogens with one attached hydrogen (secondary N) is 1. The smallest absolute Gasteiger partial charge is 0.237 e. The fourth-order valence-corrected chi connectivity index (χ4v) is 2.06. The quantitative estimate of drug-likeness (QED) is 0.702. The van der Waals surface area contributed by atoms with Crippen LogP contribution in [0.1, 0.15) is 32.6 Å². The molecule has 1 aliphatic carbocycles. The second-order valence-electron chi connectivity index (χ2n) is 4.19. The summed E-state index contributed by atoms with van der Waals surface area (Å²) in [4.78, 5) is 13.5. The lowest BCUT2D eigenvalue weighted by Crippen LogP contribution is -2.37. The third kappa shape index (κ3) is 2.02. The minimum atomic E-state index is 0.285. The lowest BCUT2D eigenvalue weighted by Gasteiger charge is -2.25. The van der Waals surface area contributed by atoms with Crippen LogP contribution >= 0.6 is 0 Å². The Labute approximate surface area is 79.5 Å². The summed E-state index contributed by atoms with van der Waals surface area (Å²) in [6.45, 7) is 3.49. The van der Waals surface area contributed by atoms with Crippen LogP contribution < -0.4 is 5.32 Å². The lowest BCUT2D eigenvalue weighted by molar-refractivity contribution is -0.128. The molecule has 1 saturated carbocycles. The van der Waals surface area contributed by atoms with E-state index in [1.54, 1.807) is 0 Å². The lowest BCUT2D eigenvalue weighted by atomic mass is 10.1. The maximum Gasteiger partial charge on any atom is 0.237 e. The summed E-state index contributed by atoms with van der Waals surface area (Å²) in [6.07, 6.45) is 5.09. The van der Waals surface area contributed by atoms with Gasteiger partial charge in [-0.25, -0.2) is 0 Å². The summed E-state index contributed by atoms with van der Waals surface area (Å²) in [5.74, 6) is 1.20. The molecule has 1 atom stereocenters. The highest BCUT2D eigenvalue weighted by Crippen LogP contribution is 2.35. The summed E-state index contributed by atoms with van der Waals surface area (Å²) in [6, 6.07) is 0.495. The van der Waals surface area contributed by atoms with E-state index >= 15 is 0 Å². The van der Waals surface area contributed by atoms with Crippen molar-refractivity contribution >= 4 is 5.91 Å². The number of nitrogens with zero attached hydrogens (tertiary/aromatic N) is 1. The summed E-state index contributed by atoms with van der Waals surface area (Å²) < 4.78 is 0. The van der Waals surface area contributed by atoms with Gasteiger partial charge >= 0.3 is 0 Å². The monoisotopic (exact) mass is 182 g/mol. The van der Waals surface area contributed by atoms with Crippen LogP contribution in [0.3, 0.4) is 0 Å². The molecular formula is C10H18N2O. The maximum atomic E-state index is 11.4. The first-order chi connectivity index (χ1) is 6.31. The molecule has 0 aromatic heterocycles. The van der Waals surface area contributed by atoms with Crippen molar-refractivity contribution in [1.29, 1.82) is 0 Å². The van der Waals surface area contributed by atoms with Crippen LogP contribution in [-0.2, 0) is 4.79 Å². The minimum Gasteiger partial charge on any atom is -0.326 e. The maximum absolute atomic E-state index is 11.4. The minimum absolute atomic E-state index is 0.285. The Morgan fingerprint density at radius 1 is 1.62 bits per heavy atom. The third-order valence-corrected chi connectivity index (χ3v) is 3.09. The first-order valence-electron chi connectivity index (χ1n) is 5.31. The van der Waals surface area contributed by atoms with Gasteiger partial charge in [-0.05, 0) is 18.8 Å². The SMILES string of the molecule is CCC(CC1CC1)N1CNCC1=O. The molecule has 0 radical (unpaired) electrons. The van der Waals surface area contributed by atoms with Crippen molar-refractivity contribution in [2.45, 2.75) is 38.6 Å². The molecule has 1 N–H and O–H groups in total. The number of carbonyl (C=O) groups excluding carboxylic acids is 1. The zero-order valence-corrected chi connectivity index (χ0v) is 8.25. The van der Waals surface area contributed by atoms with Gasteiger partial charge in [0.25, 0.3) is 0 Å². The van der Waals surface area contributed by atoms with Crippen LogP contribution in [0.2, 0.25) is 0 Å². The molecule has 2 rings (SSSR count). The van der Waals surface area contributed by atoms with Crippen molar-refractivity contribution in [1.82, 2.24) is 10.2 Å². The van der Waals surface area contributed by atoms with Gasteiger partial charge in [0.1, 0.15) is 0 Å². The van der Waals surface area contributed by atoms with E-state index in [1.807, 2.05) is 4.90 Å². The normalized spacial score (nSPS) is 25.3. The molecule has 0 bridgehead atoms. The van der Waals surface area contributed by atoms with Gasteiger partial charge in [-0.1, -0.05) is 19.8 Å². The number of hydrogen-bond acceptors (Lipinski definition) is 2. The summed E-state index contributed by atoms with van der Waals surface area (Å²) in [5.41, 5.74) is 0. The third-order valence-electron chi connectivity index (χ3n) is 3.09. The Morgan fingerprint density at radius 2 is 2.38 bits per heavy atom. The molecule has 3 nitrogen and oxygen atoms in total. The van der Waals surface area contributed by atoms with Gasteiger partial charge in [0.05, 0.1) is 13.2 Å². The largest absolute Gasteiger partial charge is 0.326 e. The van der Waals surface area contributed by atoms with E-state index in [-0.39, 0.29) is 5.91 Å². The highest BCUT2D eigenvalue weighted by molar-refractivity contribution is 5.80.